The second-order valence-corrected chi connectivity index (χ2v) is 2.06. The molecule has 0 unspecified atom stereocenters. The Kier molecular flexibility index (Phi) is 5.26. The molecule has 3 heteroatoms. The van der Waals surface area contributed by atoms with E-state index in [9.17, 15) is 4.79 Å². The fourth-order valence-electron chi connectivity index (χ4n) is 0.770. The van der Waals surface area contributed by atoms with Crippen molar-refractivity contribution in [3.05, 3.63) is 35.9 Å². The molecule has 0 aromatic heterocycles. The molecule has 0 heterocycles. The van der Waals surface area contributed by atoms with Gasteiger partial charge in [-0.1, -0.05) is 30.3 Å². The van der Waals surface area contributed by atoms with Gasteiger partial charge in [-0.2, -0.15) is 0 Å². The van der Waals surface area contributed by atoms with E-state index in [1.54, 1.807) is 12.1 Å². The summed E-state index contributed by atoms with van der Waals surface area (Å²) in [5.74, 6) is -0.786. The van der Waals surface area contributed by atoms with Crippen molar-refractivity contribution in [1.82, 2.24) is 0 Å². The lowest BCUT2D eigenvalue weighted by Gasteiger charge is -1.92. The molecule has 0 bridgehead atoms. The first kappa shape index (κ1) is 10.4. The van der Waals surface area contributed by atoms with Crippen molar-refractivity contribution in [2.24, 2.45) is 0 Å². The molecule has 0 saturated heterocycles. The van der Waals surface area contributed by atoms with Crippen molar-refractivity contribution in [2.75, 3.05) is 0 Å². The number of rotatable bonds is 2. The summed E-state index contributed by atoms with van der Waals surface area (Å²) in [7, 11) is 0. The first-order chi connectivity index (χ1) is 5.79. The molecular formula is C9H10O3. The molecule has 1 N–H and O–H groups in total. The molecule has 1 rings (SSSR count). The lowest BCUT2D eigenvalue weighted by molar-refractivity contribution is -0.136. The Morgan fingerprint density at radius 1 is 1.25 bits per heavy atom. The summed E-state index contributed by atoms with van der Waals surface area (Å²) in [6.45, 7) is 2.00. The number of carbonyl (C=O) groups is 2. The number of hydrogen-bond donors (Lipinski definition) is 1. The monoisotopic (exact) mass is 166 g/mol. The maximum Gasteiger partial charge on any atom is 0.307 e. The van der Waals surface area contributed by atoms with E-state index in [0.717, 1.165) is 5.56 Å². The summed E-state index contributed by atoms with van der Waals surface area (Å²) in [5.41, 5.74) is 0.843. The van der Waals surface area contributed by atoms with E-state index in [1.807, 2.05) is 25.0 Å². The van der Waals surface area contributed by atoms with Crippen LogP contribution < -0.4 is 0 Å². The van der Waals surface area contributed by atoms with Crippen LogP contribution in [0.2, 0.25) is 0 Å². The van der Waals surface area contributed by atoms with Gasteiger partial charge in [0.15, 0.2) is 0 Å². The Hall–Kier alpha value is -1.64. The van der Waals surface area contributed by atoms with Crippen LogP contribution in [0.15, 0.2) is 30.3 Å². The molecule has 0 saturated carbocycles. The number of benzene rings is 1. The molecule has 0 aliphatic heterocycles. The lowest BCUT2D eigenvalue weighted by atomic mass is 10.2. The van der Waals surface area contributed by atoms with E-state index >= 15 is 0 Å². The predicted octanol–water partition coefficient (Wildman–Crippen LogP) is 1.13. The summed E-state index contributed by atoms with van der Waals surface area (Å²) < 4.78 is 0. The number of aliphatic carboxylic acids is 1. The molecule has 12 heavy (non-hydrogen) atoms. The van der Waals surface area contributed by atoms with E-state index in [1.165, 1.54) is 0 Å². The quantitative estimate of drug-likeness (QED) is 0.716. The second-order valence-electron chi connectivity index (χ2n) is 2.06. The Bertz CT molecular complexity index is 231. The number of carboxylic acid groups (broad SMARTS) is 1. The van der Waals surface area contributed by atoms with Crippen molar-refractivity contribution < 1.29 is 14.7 Å². The maximum atomic E-state index is 10.2. The maximum absolute atomic E-state index is 10.2. The van der Waals surface area contributed by atoms with Gasteiger partial charge in [0.2, 0.25) is 0 Å². The molecular weight excluding hydrogens is 156 g/mol. The third kappa shape index (κ3) is 4.22. The van der Waals surface area contributed by atoms with Gasteiger partial charge >= 0.3 is 5.97 Å². The standard InChI is InChI=1S/C8H8O2.CH2O/c9-8(10)6-7-4-2-1-3-5-7;1-2/h1-5H,6H2,(H,9,10);1H2. The van der Waals surface area contributed by atoms with Crippen molar-refractivity contribution >= 4 is 12.8 Å². The van der Waals surface area contributed by atoms with Crippen LogP contribution in [0, 0.1) is 0 Å². The SMILES string of the molecule is C=O.O=C(O)Cc1ccccc1. The van der Waals surface area contributed by atoms with Gasteiger partial charge in [0.1, 0.15) is 6.79 Å². The first-order valence-electron chi connectivity index (χ1n) is 3.33. The van der Waals surface area contributed by atoms with Crippen molar-refractivity contribution in [2.45, 2.75) is 6.42 Å². The average molecular weight is 166 g/mol. The van der Waals surface area contributed by atoms with Crippen LogP contribution in [-0.2, 0) is 16.0 Å². The van der Waals surface area contributed by atoms with Crippen LogP contribution in [0.1, 0.15) is 5.56 Å². The highest BCUT2D eigenvalue weighted by molar-refractivity contribution is 5.70. The molecule has 0 aliphatic rings. The van der Waals surface area contributed by atoms with E-state index in [4.69, 9.17) is 9.90 Å². The van der Waals surface area contributed by atoms with E-state index < -0.39 is 5.97 Å². The highest BCUT2D eigenvalue weighted by Gasteiger charge is 1.96. The zero-order chi connectivity index (χ0) is 9.40. The Labute approximate surface area is 70.6 Å². The highest BCUT2D eigenvalue weighted by atomic mass is 16.4. The Balaban J connectivity index is 0.000000561. The molecule has 0 aliphatic carbocycles. The van der Waals surface area contributed by atoms with Crippen LogP contribution in [-0.4, -0.2) is 17.9 Å². The predicted molar refractivity (Wildman–Crippen MR) is 44.9 cm³/mol. The number of carbonyl (C=O) groups excluding carboxylic acids is 1. The highest BCUT2D eigenvalue weighted by Crippen LogP contribution is 1.98. The van der Waals surface area contributed by atoms with Crippen molar-refractivity contribution in [1.29, 1.82) is 0 Å². The van der Waals surface area contributed by atoms with Gasteiger partial charge in [-0.25, -0.2) is 0 Å². The van der Waals surface area contributed by atoms with Crippen molar-refractivity contribution in [3.63, 3.8) is 0 Å². The summed E-state index contributed by atoms with van der Waals surface area (Å²) in [5, 5.41) is 8.37. The van der Waals surface area contributed by atoms with Crippen molar-refractivity contribution in [3.8, 4) is 0 Å². The largest absolute Gasteiger partial charge is 0.481 e. The molecule has 0 atom stereocenters. The van der Waals surface area contributed by atoms with Crippen LogP contribution in [0.4, 0.5) is 0 Å². The Morgan fingerprint density at radius 3 is 2.17 bits per heavy atom. The topological polar surface area (TPSA) is 54.4 Å². The average Bonchev–Trinajstić information content (AvgIpc) is 2.08. The first-order valence-corrected chi connectivity index (χ1v) is 3.33. The van der Waals surface area contributed by atoms with Crippen LogP contribution >= 0.6 is 0 Å². The number of carboxylic acids is 1. The van der Waals surface area contributed by atoms with E-state index in [-0.39, 0.29) is 6.42 Å². The van der Waals surface area contributed by atoms with Gasteiger partial charge in [0.25, 0.3) is 0 Å². The molecule has 3 nitrogen and oxygen atoms in total. The fraction of sp³-hybridized carbons (Fsp3) is 0.111. The van der Waals surface area contributed by atoms with Gasteiger partial charge in [-0.15, -0.1) is 0 Å². The third-order valence-corrected chi connectivity index (χ3v) is 1.20. The third-order valence-electron chi connectivity index (χ3n) is 1.20. The molecule has 1 aromatic rings. The summed E-state index contributed by atoms with van der Waals surface area (Å²) in [6.07, 6.45) is 0.112. The second kappa shape index (κ2) is 6.09. The molecule has 0 radical (unpaired) electrons. The summed E-state index contributed by atoms with van der Waals surface area (Å²) in [4.78, 5) is 18.2. The lowest BCUT2D eigenvalue weighted by Crippen LogP contribution is -1.98. The van der Waals surface area contributed by atoms with Crippen LogP contribution in [0.3, 0.4) is 0 Å². The van der Waals surface area contributed by atoms with E-state index in [2.05, 4.69) is 0 Å². The molecule has 0 amide bonds. The minimum Gasteiger partial charge on any atom is -0.481 e. The van der Waals surface area contributed by atoms with Gasteiger partial charge in [-0.3, -0.25) is 4.79 Å². The van der Waals surface area contributed by atoms with Gasteiger partial charge < -0.3 is 9.90 Å². The normalized spacial score (nSPS) is 8.00. The number of hydrogen-bond acceptors (Lipinski definition) is 2. The minimum absolute atomic E-state index is 0.112. The Morgan fingerprint density at radius 2 is 1.75 bits per heavy atom. The van der Waals surface area contributed by atoms with Crippen LogP contribution in [0.25, 0.3) is 0 Å². The van der Waals surface area contributed by atoms with Gasteiger partial charge in [-0.05, 0) is 5.56 Å². The molecule has 64 valence electrons. The fourth-order valence-corrected chi connectivity index (χ4v) is 0.770. The smallest absolute Gasteiger partial charge is 0.307 e. The van der Waals surface area contributed by atoms with Crippen LogP contribution in [0.5, 0.6) is 0 Å². The summed E-state index contributed by atoms with van der Waals surface area (Å²) >= 11 is 0. The summed E-state index contributed by atoms with van der Waals surface area (Å²) in [6, 6.07) is 9.13. The zero-order valence-electron chi connectivity index (χ0n) is 6.56. The van der Waals surface area contributed by atoms with Gasteiger partial charge in [0.05, 0.1) is 6.42 Å². The minimum atomic E-state index is -0.786. The van der Waals surface area contributed by atoms with Gasteiger partial charge in [0, 0.05) is 0 Å². The van der Waals surface area contributed by atoms with E-state index in [0.29, 0.717) is 0 Å². The molecule has 0 spiro atoms. The molecule has 1 aromatic carbocycles. The zero-order valence-corrected chi connectivity index (χ0v) is 6.56. The molecule has 0 fully saturated rings.